The number of hydrogen-bond acceptors (Lipinski definition) is 3. The van der Waals surface area contributed by atoms with Gasteiger partial charge in [-0.25, -0.2) is 4.79 Å². The predicted molar refractivity (Wildman–Crippen MR) is 105 cm³/mol. The number of hydrogen-bond donors (Lipinski definition) is 2. The summed E-state index contributed by atoms with van der Waals surface area (Å²) in [5, 5.41) is 11.4. The number of carbonyl (C=O) groups is 3. The molecule has 4 rings (SSSR count). The molecule has 1 fully saturated rings. The maximum absolute atomic E-state index is 14.6. The van der Waals surface area contributed by atoms with E-state index in [2.05, 4.69) is 5.32 Å². The van der Waals surface area contributed by atoms with Gasteiger partial charge in [-0.2, -0.15) is 22.0 Å². The van der Waals surface area contributed by atoms with Crippen molar-refractivity contribution in [2.24, 2.45) is 5.92 Å². The average Bonchev–Trinajstić information content (AvgIpc) is 3.31. The minimum Gasteiger partial charge on any atom is -0.480 e. The first-order valence-corrected chi connectivity index (χ1v) is 9.90. The number of fused-ring (bicyclic) bond motifs is 3. The van der Waals surface area contributed by atoms with Crippen molar-refractivity contribution in [1.29, 1.82) is 0 Å². The molecule has 0 spiro atoms. The van der Waals surface area contributed by atoms with Crippen molar-refractivity contribution < 1.29 is 41.4 Å². The van der Waals surface area contributed by atoms with Crippen LogP contribution in [0.3, 0.4) is 0 Å². The van der Waals surface area contributed by atoms with Crippen LogP contribution in [-0.2, 0) is 15.5 Å². The van der Waals surface area contributed by atoms with Crippen LogP contribution < -0.4 is 5.32 Å². The van der Waals surface area contributed by atoms with Crippen LogP contribution in [0.1, 0.15) is 27.9 Å². The standard InChI is InChI=1S/C22H17F5N2O4/c23-21(24)15-4-2-1-3-13(15)14-7-11(5-6-16(14)21)19(31)28-9-18(30)29-10-12(22(25,26)27)8-17(29)20(32)33/h1-7,12,17H,8-10H2,(H,28,31)(H,32,33)/t12-,17+/m1/s1. The van der Waals surface area contributed by atoms with Crippen LogP contribution in [0.4, 0.5) is 22.0 Å². The van der Waals surface area contributed by atoms with Crippen LogP contribution in [0.5, 0.6) is 0 Å². The Bertz CT molecular complexity index is 1150. The molecule has 2 N–H and O–H groups in total. The van der Waals surface area contributed by atoms with Crippen molar-refractivity contribution in [3.63, 3.8) is 0 Å². The number of nitrogens with one attached hydrogen (secondary N) is 1. The van der Waals surface area contributed by atoms with Crippen molar-refractivity contribution in [1.82, 2.24) is 10.2 Å². The summed E-state index contributed by atoms with van der Waals surface area (Å²) in [7, 11) is 0. The first-order valence-electron chi connectivity index (χ1n) is 9.90. The molecule has 1 heterocycles. The van der Waals surface area contributed by atoms with Crippen molar-refractivity contribution in [2.45, 2.75) is 24.6 Å². The van der Waals surface area contributed by atoms with E-state index in [0.29, 0.717) is 4.90 Å². The molecular weight excluding hydrogens is 451 g/mol. The molecule has 174 valence electrons. The number of carboxylic acid groups (broad SMARTS) is 1. The van der Waals surface area contributed by atoms with Gasteiger partial charge in [0.15, 0.2) is 0 Å². The molecule has 2 atom stereocenters. The first-order chi connectivity index (χ1) is 15.4. The smallest absolute Gasteiger partial charge is 0.393 e. The SMILES string of the molecule is O=C(NCC(=O)N1C[C@H](C(F)(F)F)C[C@H]1C(=O)O)c1ccc2c(c1)-c1ccccc1C2(F)F. The summed E-state index contributed by atoms with van der Waals surface area (Å²) in [5.74, 6) is -8.57. The molecule has 1 aliphatic carbocycles. The van der Waals surface area contributed by atoms with Gasteiger partial charge >= 0.3 is 12.1 Å². The molecule has 0 unspecified atom stereocenters. The summed E-state index contributed by atoms with van der Waals surface area (Å²) in [4.78, 5) is 36.8. The zero-order valence-corrected chi connectivity index (χ0v) is 16.8. The summed E-state index contributed by atoms with van der Waals surface area (Å²) < 4.78 is 68.2. The van der Waals surface area contributed by atoms with Crippen molar-refractivity contribution >= 4 is 17.8 Å². The van der Waals surface area contributed by atoms with Crippen LogP contribution in [0.25, 0.3) is 11.1 Å². The molecule has 11 heteroatoms. The maximum atomic E-state index is 14.6. The highest BCUT2D eigenvalue weighted by Gasteiger charge is 2.51. The third-order valence-corrected chi connectivity index (χ3v) is 5.95. The molecule has 6 nitrogen and oxygen atoms in total. The number of nitrogens with zero attached hydrogens (tertiary/aromatic N) is 1. The Balaban J connectivity index is 1.48. The van der Waals surface area contributed by atoms with Gasteiger partial charge in [0.05, 0.1) is 12.5 Å². The van der Waals surface area contributed by atoms with Gasteiger partial charge in [0.1, 0.15) is 6.04 Å². The van der Waals surface area contributed by atoms with Crippen LogP contribution in [0.15, 0.2) is 42.5 Å². The Labute approximate surface area is 184 Å². The lowest BCUT2D eigenvalue weighted by Crippen LogP contribution is -2.45. The third kappa shape index (κ3) is 3.91. The lowest BCUT2D eigenvalue weighted by atomic mass is 10.0. The van der Waals surface area contributed by atoms with E-state index >= 15 is 0 Å². The highest BCUT2D eigenvalue weighted by Crippen LogP contribution is 2.50. The molecule has 1 aliphatic heterocycles. The summed E-state index contributed by atoms with van der Waals surface area (Å²) in [6.45, 7) is -1.56. The van der Waals surface area contributed by atoms with E-state index in [0.717, 1.165) is 12.1 Å². The minimum absolute atomic E-state index is 0.0292. The number of alkyl halides is 5. The number of carboxylic acids is 1. The zero-order valence-electron chi connectivity index (χ0n) is 16.8. The van der Waals surface area contributed by atoms with Crippen molar-refractivity contribution in [3.05, 3.63) is 59.2 Å². The molecule has 2 aromatic carbocycles. The number of amides is 2. The Morgan fingerprint density at radius 2 is 1.73 bits per heavy atom. The summed E-state index contributed by atoms with van der Waals surface area (Å²) in [5.41, 5.74) is -0.0640. The molecule has 2 amide bonds. The Kier molecular flexibility index (Phi) is 5.38. The first kappa shape index (κ1) is 22.7. The molecule has 0 saturated carbocycles. The van der Waals surface area contributed by atoms with E-state index in [1.165, 1.54) is 24.3 Å². The largest absolute Gasteiger partial charge is 0.480 e. The molecule has 2 aromatic rings. The predicted octanol–water partition coefficient (Wildman–Crippen LogP) is 3.40. The Morgan fingerprint density at radius 3 is 2.39 bits per heavy atom. The monoisotopic (exact) mass is 468 g/mol. The van der Waals surface area contributed by atoms with Crippen LogP contribution in [-0.4, -0.2) is 53.1 Å². The minimum atomic E-state index is -4.66. The van der Waals surface area contributed by atoms with Crippen molar-refractivity contribution in [3.8, 4) is 11.1 Å². The fourth-order valence-corrected chi connectivity index (χ4v) is 4.26. The van der Waals surface area contributed by atoms with Crippen molar-refractivity contribution in [2.75, 3.05) is 13.1 Å². The van der Waals surface area contributed by atoms with Gasteiger partial charge in [-0.15, -0.1) is 0 Å². The van der Waals surface area contributed by atoms with Gasteiger partial charge in [-0.1, -0.05) is 30.3 Å². The molecular formula is C22H17F5N2O4. The second-order valence-corrected chi connectivity index (χ2v) is 7.94. The maximum Gasteiger partial charge on any atom is 0.393 e. The van der Waals surface area contributed by atoms with E-state index in [1.54, 1.807) is 6.07 Å². The Morgan fingerprint density at radius 1 is 1.06 bits per heavy atom. The topological polar surface area (TPSA) is 86.7 Å². The molecule has 2 aliphatic rings. The van der Waals surface area contributed by atoms with Crippen LogP contribution in [0.2, 0.25) is 0 Å². The van der Waals surface area contributed by atoms with Gasteiger partial charge < -0.3 is 15.3 Å². The highest BCUT2D eigenvalue weighted by atomic mass is 19.4. The number of rotatable bonds is 4. The average molecular weight is 468 g/mol. The molecule has 0 radical (unpaired) electrons. The Hall–Kier alpha value is -3.50. The van der Waals surface area contributed by atoms with Gasteiger partial charge in [-0.3, -0.25) is 9.59 Å². The normalized spacial score (nSPS) is 20.8. The number of likely N-dealkylation sites (tertiary alicyclic amines) is 1. The number of carbonyl (C=O) groups excluding carboxylic acids is 2. The van der Waals surface area contributed by atoms with E-state index in [9.17, 15) is 41.4 Å². The molecule has 0 bridgehead atoms. The highest BCUT2D eigenvalue weighted by molar-refractivity contribution is 5.99. The summed E-state index contributed by atoms with van der Waals surface area (Å²) in [6.07, 6.45) is -5.42. The quantitative estimate of drug-likeness (QED) is 0.674. The van der Waals surface area contributed by atoms with Gasteiger partial charge in [-0.05, 0) is 29.7 Å². The summed E-state index contributed by atoms with van der Waals surface area (Å²) >= 11 is 0. The lowest BCUT2D eigenvalue weighted by Gasteiger charge is -2.22. The molecule has 0 aromatic heterocycles. The van der Waals surface area contributed by atoms with Gasteiger partial charge in [0, 0.05) is 23.2 Å². The van der Waals surface area contributed by atoms with E-state index in [4.69, 9.17) is 0 Å². The second kappa shape index (κ2) is 7.82. The fraction of sp³-hybridized carbons (Fsp3) is 0.318. The van der Waals surface area contributed by atoms with Gasteiger partial charge in [0.25, 0.3) is 11.8 Å². The zero-order chi connectivity index (χ0) is 24.1. The van der Waals surface area contributed by atoms with Crippen LogP contribution in [0, 0.1) is 5.92 Å². The van der Waals surface area contributed by atoms with Gasteiger partial charge in [0.2, 0.25) is 5.91 Å². The number of benzene rings is 2. The number of aliphatic carboxylic acids is 1. The fourth-order valence-electron chi connectivity index (χ4n) is 4.26. The third-order valence-electron chi connectivity index (χ3n) is 5.95. The van der Waals surface area contributed by atoms with E-state index in [1.807, 2.05) is 0 Å². The number of halogens is 5. The molecule has 1 saturated heterocycles. The van der Waals surface area contributed by atoms with Crippen LogP contribution >= 0.6 is 0 Å². The summed E-state index contributed by atoms with van der Waals surface area (Å²) in [6, 6.07) is 7.72. The second-order valence-electron chi connectivity index (χ2n) is 7.94. The van der Waals surface area contributed by atoms with E-state index in [-0.39, 0.29) is 27.8 Å². The lowest BCUT2D eigenvalue weighted by molar-refractivity contribution is -0.171. The van der Waals surface area contributed by atoms with E-state index < -0.39 is 61.4 Å². The molecule has 33 heavy (non-hydrogen) atoms.